The predicted molar refractivity (Wildman–Crippen MR) is 108 cm³/mol. The van der Waals surface area contributed by atoms with E-state index in [1.54, 1.807) is 24.3 Å². The van der Waals surface area contributed by atoms with Crippen LogP contribution in [0.25, 0.3) is 11.3 Å². The fraction of sp³-hybridized carbons (Fsp3) is 0.158. The molecule has 0 atom stereocenters. The Labute approximate surface area is 171 Å². The molecule has 0 unspecified atom stereocenters. The van der Waals surface area contributed by atoms with Crippen LogP contribution in [0, 0.1) is 12.7 Å². The van der Waals surface area contributed by atoms with Crippen LogP contribution in [0.1, 0.15) is 21.7 Å². The van der Waals surface area contributed by atoms with Gasteiger partial charge in [0.25, 0.3) is 5.91 Å². The maximum atomic E-state index is 14.3. The Morgan fingerprint density at radius 2 is 1.93 bits per heavy atom. The second kappa shape index (κ2) is 8.22. The van der Waals surface area contributed by atoms with Gasteiger partial charge in [-0.05, 0) is 30.7 Å². The van der Waals surface area contributed by atoms with Crippen LogP contribution in [0.4, 0.5) is 10.1 Å². The Bertz CT molecular complexity index is 1160. The number of hydrogen-bond donors (Lipinski definition) is 2. The van der Waals surface area contributed by atoms with Gasteiger partial charge in [-0.25, -0.2) is 12.8 Å². The fourth-order valence-electron chi connectivity index (χ4n) is 2.77. The van der Waals surface area contributed by atoms with E-state index in [2.05, 4.69) is 15.2 Å². The van der Waals surface area contributed by atoms with Crippen LogP contribution < -0.4 is 10.0 Å². The van der Waals surface area contributed by atoms with E-state index in [9.17, 15) is 17.6 Å². The SMILES string of the molecule is Cc1onc(-c2c(F)cccc2Cl)c1C(=O)NCc1ccccc1NS(C)(=O)=O. The second-order valence-electron chi connectivity index (χ2n) is 6.27. The number of hydrogen-bond acceptors (Lipinski definition) is 5. The van der Waals surface area contributed by atoms with Gasteiger partial charge in [-0.15, -0.1) is 0 Å². The maximum Gasteiger partial charge on any atom is 0.257 e. The third-order valence-corrected chi connectivity index (χ3v) is 4.95. The van der Waals surface area contributed by atoms with Crippen molar-refractivity contribution in [2.24, 2.45) is 0 Å². The molecule has 0 aliphatic heterocycles. The Balaban J connectivity index is 1.88. The highest BCUT2D eigenvalue weighted by Crippen LogP contribution is 2.33. The van der Waals surface area contributed by atoms with Crippen LogP contribution >= 0.6 is 11.6 Å². The Hall–Kier alpha value is -2.91. The number of nitrogens with one attached hydrogen (secondary N) is 2. The molecule has 10 heteroatoms. The normalized spacial score (nSPS) is 11.3. The zero-order chi connectivity index (χ0) is 21.2. The summed E-state index contributed by atoms with van der Waals surface area (Å²) in [7, 11) is -3.48. The summed E-state index contributed by atoms with van der Waals surface area (Å²) < 4.78 is 44.8. The van der Waals surface area contributed by atoms with E-state index in [0.717, 1.165) is 6.26 Å². The molecule has 3 aromatic rings. The number of nitrogens with zero attached hydrogens (tertiary/aromatic N) is 1. The van der Waals surface area contributed by atoms with Crippen molar-refractivity contribution in [1.29, 1.82) is 0 Å². The molecule has 0 bridgehead atoms. The van der Waals surface area contributed by atoms with Crippen molar-refractivity contribution in [2.45, 2.75) is 13.5 Å². The molecule has 1 aromatic heterocycles. The molecule has 3 rings (SSSR count). The van der Waals surface area contributed by atoms with Gasteiger partial charge in [-0.3, -0.25) is 9.52 Å². The molecule has 0 spiro atoms. The van der Waals surface area contributed by atoms with Crippen molar-refractivity contribution in [3.63, 3.8) is 0 Å². The third kappa shape index (κ3) is 4.75. The van der Waals surface area contributed by atoms with Gasteiger partial charge in [-0.1, -0.05) is 41.0 Å². The first-order chi connectivity index (χ1) is 13.7. The molecule has 0 saturated heterocycles. The molecular formula is C19H17ClFN3O4S. The monoisotopic (exact) mass is 437 g/mol. The summed E-state index contributed by atoms with van der Waals surface area (Å²) in [4.78, 5) is 12.8. The average molecular weight is 438 g/mol. The van der Waals surface area contributed by atoms with Crippen LogP contribution in [0.3, 0.4) is 0 Å². The number of amides is 1. The highest BCUT2D eigenvalue weighted by atomic mass is 35.5. The molecule has 1 heterocycles. The van der Waals surface area contributed by atoms with Crippen LogP contribution in [0.5, 0.6) is 0 Å². The van der Waals surface area contributed by atoms with E-state index in [4.69, 9.17) is 16.1 Å². The van der Waals surface area contributed by atoms with Crippen LogP contribution in [0.2, 0.25) is 5.02 Å². The van der Waals surface area contributed by atoms with Crippen molar-refractivity contribution in [2.75, 3.05) is 11.0 Å². The van der Waals surface area contributed by atoms with Gasteiger partial charge in [0.1, 0.15) is 22.8 Å². The summed E-state index contributed by atoms with van der Waals surface area (Å²) in [5.41, 5.74) is 0.895. The quantitative estimate of drug-likeness (QED) is 0.611. The van der Waals surface area contributed by atoms with Gasteiger partial charge in [0.15, 0.2) is 0 Å². The Morgan fingerprint density at radius 1 is 1.21 bits per heavy atom. The minimum atomic E-state index is -3.48. The molecule has 0 aliphatic carbocycles. The molecule has 2 aromatic carbocycles. The largest absolute Gasteiger partial charge is 0.360 e. The first kappa shape index (κ1) is 20.8. The Morgan fingerprint density at radius 3 is 2.62 bits per heavy atom. The average Bonchev–Trinajstić information content (AvgIpc) is 3.00. The number of benzene rings is 2. The third-order valence-electron chi connectivity index (χ3n) is 4.04. The summed E-state index contributed by atoms with van der Waals surface area (Å²) in [5, 5.41) is 6.57. The number of aryl methyl sites for hydroxylation is 1. The summed E-state index contributed by atoms with van der Waals surface area (Å²) >= 11 is 6.09. The molecule has 0 fully saturated rings. The lowest BCUT2D eigenvalue weighted by molar-refractivity contribution is 0.0950. The number of carbonyl (C=O) groups excluding carboxylic acids is 1. The van der Waals surface area contributed by atoms with Crippen molar-refractivity contribution < 1.29 is 22.1 Å². The molecule has 152 valence electrons. The molecular weight excluding hydrogens is 421 g/mol. The molecule has 7 nitrogen and oxygen atoms in total. The smallest absolute Gasteiger partial charge is 0.257 e. The summed E-state index contributed by atoms with van der Waals surface area (Å²) in [6, 6.07) is 10.8. The lowest BCUT2D eigenvalue weighted by atomic mass is 10.0. The Kier molecular flexibility index (Phi) is 5.90. The lowest BCUT2D eigenvalue weighted by Gasteiger charge is -2.12. The summed E-state index contributed by atoms with van der Waals surface area (Å²) in [6.45, 7) is 1.55. The first-order valence-corrected chi connectivity index (χ1v) is 10.7. The lowest BCUT2D eigenvalue weighted by Crippen LogP contribution is -2.24. The number of halogens is 2. The molecule has 0 aliphatic rings. The van der Waals surface area contributed by atoms with Gasteiger partial charge in [0, 0.05) is 6.54 Å². The number of rotatable bonds is 6. The number of sulfonamides is 1. The van der Waals surface area contributed by atoms with E-state index in [1.807, 2.05) is 0 Å². The van der Waals surface area contributed by atoms with E-state index in [1.165, 1.54) is 25.1 Å². The second-order valence-corrected chi connectivity index (χ2v) is 8.43. The number of para-hydroxylation sites is 1. The van der Waals surface area contributed by atoms with Gasteiger partial charge in [-0.2, -0.15) is 0 Å². The van der Waals surface area contributed by atoms with E-state index >= 15 is 0 Å². The van der Waals surface area contributed by atoms with E-state index < -0.39 is 21.7 Å². The molecule has 0 radical (unpaired) electrons. The number of aromatic nitrogens is 1. The fourth-order valence-corrected chi connectivity index (χ4v) is 3.62. The van der Waals surface area contributed by atoms with E-state index in [0.29, 0.717) is 11.3 Å². The highest BCUT2D eigenvalue weighted by molar-refractivity contribution is 7.92. The summed E-state index contributed by atoms with van der Waals surface area (Å²) in [6.07, 6.45) is 1.04. The molecule has 0 saturated carbocycles. The molecule has 2 N–H and O–H groups in total. The van der Waals surface area contributed by atoms with Gasteiger partial charge in [0.2, 0.25) is 10.0 Å². The standard InChI is InChI=1S/C19H17ClFN3O4S/c1-11-16(18(23-28-11)17-13(20)7-5-8-14(17)21)19(25)22-10-12-6-3-4-9-15(12)24-29(2,26)27/h3-9,24H,10H2,1-2H3,(H,22,25). The predicted octanol–water partition coefficient (Wildman–Crippen LogP) is 3.74. The van der Waals surface area contributed by atoms with Crippen molar-refractivity contribution >= 4 is 33.2 Å². The minimum Gasteiger partial charge on any atom is -0.360 e. The van der Waals surface area contributed by atoms with Gasteiger partial charge in [0.05, 0.1) is 22.5 Å². The highest BCUT2D eigenvalue weighted by Gasteiger charge is 2.25. The van der Waals surface area contributed by atoms with Gasteiger partial charge < -0.3 is 9.84 Å². The topological polar surface area (TPSA) is 101 Å². The zero-order valence-corrected chi connectivity index (χ0v) is 17.1. The zero-order valence-electron chi connectivity index (χ0n) is 15.5. The van der Waals surface area contributed by atoms with E-state index in [-0.39, 0.29) is 34.1 Å². The number of carbonyl (C=O) groups is 1. The first-order valence-electron chi connectivity index (χ1n) is 8.42. The maximum absolute atomic E-state index is 14.3. The number of anilines is 1. The van der Waals surface area contributed by atoms with Crippen LogP contribution in [0.15, 0.2) is 47.0 Å². The van der Waals surface area contributed by atoms with Crippen molar-refractivity contribution in [3.8, 4) is 11.3 Å². The molecule has 29 heavy (non-hydrogen) atoms. The van der Waals surface area contributed by atoms with Gasteiger partial charge >= 0.3 is 0 Å². The molecule has 1 amide bonds. The van der Waals surface area contributed by atoms with Crippen LogP contribution in [-0.4, -0.2) is 25.7 Å². The van der Waals surface area contributed by atoms with Crippen LogP contribution in [-0.2, 0) is 16.6 Å². The minimum absolute atomic E-state index is 0.00866. The summed E-state index contributed by atoms with van der Waals surface area (Å²) in [5.74, 6) is -1.01. The van der Waals surface area contributed by atoms with Crippen molar-refractivity contribution in [1.82, 2.24) is 10.5 Å². The van der Waals surface area contributed by atoms with Crippen molar-refractivity contribution in [3.05, 3.63) is 70.2 Å².